The van der Waals surface area contributed by atoms with Crippen LogP contribution >= 0.6 is 0 Å². The molecule has 1 nitrogen and oxygen atoms in total. The number of hydrogen-bond donors (Lipinski definition) is 0. The summed E-state index contributed by atoms with van der Waals surface area (Å²) in [7, 11) is 0. The van der Waals surface area contributed by atoms with Crippen LogP contribution in [0.25, 0.3) is 0 Å². The van der Waals surface area contributed by atoms with E-state index in [9.17, 15) is 4.79 Å². The van der Waals surface area contributed by atoms with Crippen LogP contribution in [-0.2, 0) is 6.42 Å². The van der Waals surface area contributed by atoms with E-state index in [1.54, 1.807) is 0 Å². The summed E-state index contributed by atoms with van der Waals surface area (Å²) in [6, 6.07) is 11.9. The first-order valence-corrected chi connectivity index (χ1v) is 8.86. The van der Waals surface area contributed by atoms with E-state index in [2.05, 4.69) is 66.7 Å². The van der Waals surface area contributed by atoms with E-state index in [0.29, 0.717) is 18.3 Å². The molecule has 24 heavy (non-hydrogen) atoms. The number of benzene rings is 2. The molecule has 0 aromatic heterocycles. The SMILES string of the molecule is Cc1cc(C)c(CC(=O)c2cc(C(C)C)[c]c(C(C)C)c2)c(C)c1. The van der Waals surface area contributed by atoms with Gasteiger partial charge >= 0.3 is 0 Å². The first kappa shape index (κ1) is 18.4. The summed E-state index contributed by atoms with van der Waals surface area (Å²) in [4.78, 5) is 12.9. The van der Waals surface area contributed by atoms with Crippen molar-refractivity contribution in [2.75, 3.05) is 0 Å². The summed E-state index contributed by atoms with van der Waals surface area (Å²) < 4.78 is 0. The molecule has 127 valence electrons. The normalized spacial score (nSPS) is 11.4. The van der Waals surface area contributed by atoms with E-state index >= 15 is 0 Å². The van der Waals surface area contributed by atoms with Gasteiger partial charge in [-0.25, -0.2) is 0 Å². The fourth-order valence-corrected chi connectivity index (χ4v) is 3.15. The molecule has 1 heteroatoms. The lowest BCUT2D eigenvalue weighted by molar-refractivity contribution is 0.0992. The first-order chi connectivity index (χ1) is 11.2. The monoisotopic (exact) mass is 321 g/mol. The Morgan fingerprint density at radius 2 is 1.33 bits per heavy atom. The highest BCUT2D eigenvalue weighted by atomic mass is 16.1. The van der Waals surface area contributed by atoms with Crippen LogP contribution in [0.4, 0.5) is 0 Å². The predicted octanol–water partition coefficient (Wildman–Crippen LogP) is 6.08. The Labute approximate surface area is 147 Å². The van der Waals surface area contributed by atoms with Crippen LogP contribution in [0.2, 0.25) is 0 Å². The van der Waals surface area contributed by atoms with E-state index in [4.69, 9.17) is 0 Å². The second kappa shape index (κ2) is 7.34. The molecule has 0 unspecified atom stereocenters. The summed E-state index contributed by atoms with van der Waals surface area (Å²) >= 11 is 0. The van der Waals surface area contributed by atoms with E-state index in [-0.39, 0.29) is 5.78 Å². The lowest BCUT2D eigenvalue weighted by Gasteiger charge is -2.15. The molecule has 2 rings (SSSR count). The quantitative estimate of drug-likeness (QED) is 0.609. The third-order valence-corrected chi connectivity index (χ3v) is 4.65. The molecular weight excluding hydrogens is 292 g/mol. The Morgan fingerprint density at radius 1 is 0.875 bits per heavy atom. The maximum Gasteiger partial charge on any atom is 0.167 e. The van der Waals surface area contributed by atoms with Gasteiger partial charge in [0, 0.05) is 12.0 Å². The maximum absolute atomic E-state index is 12.9. The zero-order valence-corrected chi connectivity index (χ0v) is 16.1. The standard InChI is InChI=1S/C23H29O/c1-14(2)19-10-20(15(3)4)12-21(11-19)23(24)13-22-17(6)8-16(5)9-18(22)7/h8-9,11-12,14-15H,13H2,1-7H3. The van der Waals surface area contributed by atoms with E-state index in [1.807, 2.05) is 12.1 Å². The Bertz CT molecular complexity index is 701. The number of carbonyl (C=O) groups excluding carboxylic acids is 1. The summed E-state index contributed by atoms with van der Waals surface area (Å²) in [5, 5.41) is 0. The Hall–Kier alpha value is -1.89. The van der Waals surface area contributed by atoms with E-state index < -0.39 is 0 Å². The van der Waals surface area contributed by atoms with Gasteiger partial charge in [-0.3, -0.25) is 4.79 Å². The highest BCUT2D eigenvalue weighted by molar-refractivity contribution is 5.98. The molecule has 0 bridgehead atoms. The first-order valence-electron chi connectivity index (χ1n) is 8.86. The third kappa shape index (κ3) is 4.14. The van der Waals surface area contributed by atoms with E-state index in [1.165, 1.54) is 16.7 Å². The van der Waals surface area contributed by atoms with Crippen molar-refractivity contribution < 1.29 is 4.79 Å². The molecule has 2 aromatic rings. The Kier molecular flexibility index (Phi) is 5.64. The molecule has 0 atom stereocenters. The van der Waals surface area contributed by atoms with Gasteiger partial charge in [0.25, 0.3) is 0 Å². The van der Waals surface area contributed by atoms with Crippen LogP contribution in [0.3, 0.4) is 0 Å². The van der Waals surface area contributed by atoms with Gasteiger partial charge in [0.2, 0.25) is 0 Å². The van der Waals surface area contributed by atoms with Gasteiger partial charge in [0.15, 0.2) is 5.78 Å². The van der Waals surface area contributed by atoms with Gasteiger partial charge in [0.05, 0.1) is 0 Å². The summed E-state index contributed by atoms with van der Waals surface area (Å²) in [5.41, 5.74) is 7.90. The summed E-state index contributed by atoms with van der Waals surface area (Å²) in [5.74, 6) is 0.944. The zero-order valence-electron chi connectivity index (χ0n) is 16.1. The molecule has 0 heterocycles. The third-order valence-electron chi connectivity index (χ3n) is 4.65. The summed E-state index contributed by atoms with van der Waals surface area (Å²) in [6.45, 7) is 14.9. The molecule has 2 aromatic carbocycles. The molecule has 0 saturated carbocycles. The molecule has 0 saturated heterocycles. The van der Waals surface area contributed by atoms with Gasteiger partial charge in [-0.2, -0.15) is 0 Å². The predicted molar refractivity (Wildman–Crippen MR) is 102 cm³/mol. The Morgan fingerprint density at radius 3 is 1.75 bits per heavy atom. The van der Waals surface area contributed by atoms with Crippen molar-refractivity contribution >= 4 is 5.78 Å². The molecule has 0 spiro atoms. The van der Waals surface area contributed by atoms with Crippen molar-refractivity contribution in [3.8, 4) is 0 Å². The number of hydrogen-bond acceptors (Lipinski definition) is 1. The van der Waals surface area contributed by atoms with Crippen molar-refractivity contribution in [1.82, 2.24) is 0 Å². The fraction of sp³-hybridized carbons (Fsp3) is 0.435. The minimum atomic E-state index is 0.197. The van der Waals surface area contributed by atoms with Gasteiger partial charge in [-0.1, -0.05) is 45.4 Å². The number of Topliss-reactive ketones (excluding diaryl/α,β-unsaturated/α-hetero) is 1. The average Bonchev–Trinajstić information content (AvgIpc) is 2.49. The topological polar surface area (TPSA) is 17.1 Å². The molecule has 1 radical (unpaired) electrons. The number of ketones is 1. The van der Waals surface area contributed by atoms with E-state index in [0.717, 1.165) is 22.3 Å². The van der Waals surface area contributed by atoms with Crippen LogP contribution in [0.15, 0.2) is 24.3 Å². The molecule has 0 aliphatic carbocycles. The number of aryl methyl sites for hydroxylation is 3. The van der Waals surface area contributed by atoms with Crippen molar-refractivity contribution in [2.24, 2.45) is 0 Å². The van der Waals surface area contributed by atoms with Crippen LogP contribution in [0.5, 0.6) is 0 Å². The van der Waals surface area contributed by atoms with Gasteiger partial charge in [-0.15, -0.1) is 0 Å². The Balaban J connectivity index is 2.40. The largest absolute Gasteiger partial charge is 0.294 e. The molecule has 0 aliphatic heterocycles. The minimum Gasteiger partial charge on any atom is -0.294 e. The molecule has 0 N–H and O–H groups in total. The van der Waals surface area contributed by atoms with Gasteiger partial charge < -0.3 is 0 Å². The fourth-order valence-electron chi connectivity index (χ4n) is 3.15. The van der Waals surface area contributed by atoms with Crippen molar-refractivity contribution in [2.45, 2.75) is 66.7 Å². The molecule has 0 aliphatic rings. The second-order valence-corrected chi connectivity index (χ2v) is 7.57. The maximum atomic E-state index is 12.9. The van der Waals surface area contributed by atoms with Gasteiger partial charge in [0.1, 0.15) is 0 Å². The van der Waals surface area contributed by atoms with Crippen molar-refractivity contribution in [3.05, 3.63) is 69.3 Å². The van der Waals surface area contributed by atoms with Crippen LogP contribution in [-0.4, -0.2) is 5.78 Å². The minimum absolute atomic E-state index is 0.197. The number of carbonyl (C=O) groups is 1. The van der Waals surface area contributed by atoms with Crippen molar-refractivity contribution in [3.63, 3.8) is 0 Å². The van der Waals surface area contributed by atoms with Crippen LogP contribution in [0, 0.1) is 26.8 Å². The molecule has 0 fully saturated rings. The average molecular weight is 321 g/mol. The van der Waals surface area contributed by atoms with Gasteiger partial charge in [-0.05, 0) is 78.6 Å². The van der Waals surface area contributed by atoms with Crippen LogP contribution in [0.1, 0.15) is 83.3 Å². The molecular formula is C23H29O. The smallest absolute Gasteiger partial charge is 0.167 e. The van der Waals surface area contributed by atoms with Crippen molar-refractivity contribution in [1.29, 1.82) is 0 Å². The number of rotatable bonds is 5. The zero-order chi connectivity index (χ0) is 18.0. The summed E-state index contributed by atoms with van der Waals surface area (Å²) in [6.07, 6.45) is 0.469. The lowest BCUT2D eigenvalue weighted by atomic mass is 9.89. The lowest BCUT2D eigenvalue weighted by Crippen LogP contribution is -2.09. The van der Waals surface area contributed by atoms with Crippen LogP contribution < -0.4 is 0 Å². The second-order valence-electron chi connectivity index (χ2n) is 7.57. The highest BCUT2D eigenvalue weighted by Crippen LogP contribution is 2.25. The molecule has 0 amide bonds. The highest BCUT2D eigenvalue weighted by Gasteiger charge is 2.15.